The number of carbonyl (C=O) groups excluding carboxylic acids is 3. The quantitative estimate of drug-likeness (QED) is 0.447. The molecule has 0 radical (unpaired) electrons. The molecule has 0 saturated carbocycles. The number of carbonyl (C=O) groups is 3. The van der Waals surface area contributed by atoms with Gasteiger partial charge in [-0.1, -0.05) is 61.9 Å². The number of nitrogens with one attached hydrogen (secondary N) is 2. The number of aliphatic hydroxyl groups is 1. The fraction of sp³-hybridized carbons (Fsp3) is 0.500. The van der Waals surface area contributed by atoms with Gasteiger partial charge in [0.25, 0.3) is 0 Å². The normalized spacial score (nSPS) is 29.1. The zero-order chi connectivity index (χ0) is 26.9. The molecule has 3 heterocycles. The zero-order valence-electron chi connectivity index (χ0n) is 22.0. The van der Waals surface area contributed by atoms with Crippen LogP contribution in [0.1, 0.15) is 45.1 Å². The maximum atomic E-state index is 14.2. The fourth-order valence-corrected chi connectivity index (χ4v) is 6.80. The van der Waals surface area contributed by atoms with E-state index < -0.39 is 35.6 Å². The third kappa shape index (κ3) is 4.60. The first kappa shape index (κ1) is 26.4. The SMILES string of the molecule is CCCC(C)NC(=O)C1N([C@@H](CO)Cc2ccccc2)C(=O)[C@@H]2[C@@H](C(=O)Nc3ccccc3)[C@H]3CCC12O3. The molecule has 3 amide bonds. The molecule has 1 spiro atoms. The molecule has 5 rings (SSSR count). The maximum Gasteiger partial charge on any atom is 0.246 e. The van der Waals surface area contributed by atoms with E-state index in [1.54, 1.807) is 12.1 Å². The monoisotopic (exact) mass is 519 g/mol. The molecule has 8 heteroatoms. The summed E-state index contributed by atoms with van der Waals surface area (Å²) in [5, 5.41) is 16.5. The van der Waals surface area contributed by atoms with Crippen molar-refractivity contribution >= 4 is 23.4 Å². The van der Waals surface area contributed by atoms with Crippen LogP contribution in [0.3, 0.4) is 0 Å². The maximum absolute atomic E-state index is 14.2. The lowest BCUT2D eigenvalue weighted by Crippen LogP contribution is -2.59. The van der Waals surface area contributed by atoms with E-state index in [0.29, 0.717) is 24.9 Å². The average Bonchev–Trinajstić information content (AvgIpc) is 3.56. The Bertz CT molecular complexity index is 1160. The molecule has 3 aliphatic heterocycles. The summed E-state index contributed by atoms with van der Waals surface area (Å²) >= 11 is 0. The van der Waals surface area contributed by atoms with Gasteiger partial charge in [0.1, 0.15) is 11.6 Å². The molecule has 0 aliphatic carbocycles. The van der Waals surface area contributed by atoms with Crippen LogP contribution in [0.25, 0.3) is 0 Å². The summed E-state index contributed by atoms with van der Waals surface area (Å²) in [4.78, 5) is 43.2. The Balaban J connectivity index is 1.50. The zero-order valence-corrected chi connectivity index (χ0v) is 22.0. The summed E-state index contributed by atoms with van der Waals surface area (Å²) in [5.74, 6) is -2.34. The average molecular weight is 520 g/mol. The van der Waals surface area contributed by atoms with Crippen LogP contribution < -0.4 is 10.6 Å². The molecule has 2 aromatic rings. The largest absolute Gasteiger partial charge is 0.394 e. The number of benzene rings is 2. The van der Waals surface area contributed by atoms with E-state index in [4.69, 9.17) is 4.74 Å². The molecule has 202 valence electrons. The number of hydrogen-bond donors (Lipinski definition) is 3. The molecule has 3 saturated heterocycles. The minimum absolute atomic E-state index is 0.0719. The Hall–Kier alpha value is -3.23. The van der Waals surface area contributed by atoms with Crippen LogP contribution in [-0.4, -0.2) is 64.2 Å². The first-order chi connectivity index (χ1) is 18.4. The number of fused-ring (bicyclic) bond motifs is 1. The minimum Gasteiger partial charge on any atom is -0.394 e. The van der Waals surface area contributed by atoms with E-state index in [-0.39, 0.29) is 30.4 Å². The summed E-state index contributed by atoms with van der Waals surface area (Å²) < 4.78 is 6.51. The number of likely N-dealkylation sites (tertiary alicyclic amines) is 1. The van der Waals surface area contributed by atoms with Crippen molar-refractivity contribution in [2.75, 3.05) is 11.9 Å². The van der Waals surface area contributed by atoms with E-state index >= 15 is 0 Å². The molecular weight excluding hydrogens is 482 g/mol. The number of para-hydroxylation sites is 1. The molecule has 3 aliphatic rings. The van der Waals surface area contributed by atoms with Gasteiger partial charge in [-0.3, -0.25) is 14.4 Å². The number of rotatable bonds is 10. The first-order valence-corrected chi connectivity index (χ1v) is 13.7. The smallest absolute Gasteiger partial charge is 0.246 e. The van der Waals surface area contributed by atoms with Crippen LogP contribution in [0, 0.1) is 11.8 Å². The van der Waals surface area contributed by atoms with Crippen molar-refractivity contribution < 1.29 is 24.2 Å². The second-order valence-electron chi connectivity index (χ2n) is 10.9. The highest BCUT2D eigenvalue weighted by Gasteiger charge is 2.75. The van der Waals surface area contributed by atoms with E-state index in [2.05, 4.69) is 17.6 Å². The fourth-order valence-electron chi connectivity index (χ4n) is 6.80. The van der Waals surface area contributed by atoms with Crippen LogP contribution >= 0.6 is 0 Å². The van der Waals surface area contributed by atoms with E-state index in [1.807, 2.05) is 55.5 Å². The van der Waals surface area contributed by atoms with Gasteiger partial charge in [0, 0.05) is 11.7 Å². The topological polar surface area (TPSA) is 108 Å². The molecule has 0 aromatic heterocycles. The van der Waals surface area contributed by atoms with Crippen molar-refractivity contribution in [3.05, 3.63) is 66.2 Å². The van der Waals surface area contributed by atoms with E-state index in [0.717, 1.165) is 18.4 Å². The molecule has 7 atom stereocenters. The van der Waals surface area contributed by atoms with Crippen LogP contribution in [0.2, 0.25) is 0 Å². The van der Waals surface area contributed by atoms with Gasteiger partial charge >= 0.3 is 0 Å². The predicted octanol–water partition coefficient (Wildman–Crippen LogP) is 2.91. The van der Waals surface area contributed by atoms with Crippen LogP contribution in [-0.2, 0) is 25.5 Å². The van der Waals surface area contributed by atoms with Crippen molar-refractivity contribution in [1.82, 2.24) is 10.2 Å². The van der Waals surface area contributed by atoms with E-state index in [9.17, 15) is 19.5 Å². The van der Waals surface area contributed by atoms with Gasteiger partial charge in [0.05, 0.1) is 30.6 Å². The van der Waals surface area contributed by atoms with Gasteiger partial charge in [0.2, 0.25) is 17.7 Å². The summed E-state index contributed by atoms with van der Waals surface area (Å²) in [6.07, 6.45) is 2.80. The second kappa shape index (κ2) is 10.9. The lowest BCUT2D eigenvalue weighted by atomic mass is 9.70. The Labute approximate surface area is 223 Å². The Kier molecular flexibility index (Phi) is 7.54. The minimum atomic E-state index is -1.10. The van der Waals surface area contributed by atoms with Crippen molar-refractivity contribution in [2.24, 2.45) is 11.8 Å². The summed E-state index contributed by atoms with van der Waals surface area (Å²) in [6, 6.07) is 17.2. The molecule has 8 nitrogen and oxygen atoms in total. The highest BCUT2D eigenvalue weighted by atomic mass is 16.5. The number of ether oxygens (including phenoxy) is 1. The Morgan fingerprint density at radius 3 is 2.45 bits per heavy atom. The molecule has 38 heavy (non-hydrogen) atoms. The number of hydrogen-bond acceptors (Lipinski definition) is 5. The van der Waals surface area contributed by atoms with Gasteiger partial charge in [0.15, 0.2) is 0 Å². The van der Waals surface area contributed by atoms with Gasteiger partial charge in [-0.2, -0.15) is 0 Å². The lowest BCUT2D eigenvalue weighted by Gasteiger charge is -2.37. The van der Waals surface area contributed by atoms with Gasteiger partial charge in [-0.25, -0.2) is 0 Å². The molecule has 2 aromatic carbocycles. The lowest BCUT2D eigenvalue weighted by molar-refractivity contribution is -0.145. The van der Waals surface area contributed by atoms with Gasteiger partial charge in [-0.05, 0) is 50.3 Å². The van der Waals surface area contributed by atoms with Crippen molar-refractivity contribution in [1.29, 1.82) is 0 Å². The highest BCUT2D eigenvalue weighted by Crippen LogP contribution is 2.59. The summed E-state index contributed by atoms with van der Waals surface area (Å²) in [7, 11) is 0. The number of nitrogens with zero attached hydrogens (tertiary/aromatic N) is 1. The third-order valence-corrected chi connectivity index (χ3v) is 8.36. The number of aliphatic hydroxyl groups excluding tert-OH is 1. The van der Waals surface area contributed by atoms with Crippen LogP contribution in [0.4, 0.5) is 5.69 Å². The Morgan fingerprint density at radius 1 is 1.11 bits per heavy atom. The van der Waals surface area contributed by atoms with Crippen LogP contribution in [0.15, 0.2) is 60.7 Å². The molecule has 3 N–H and O–H groups in total. The van der Waals surface area contributed by atoms with Crippen molar-refractivity contribution in [3.63, 3.8) is 0 Å². The van der Waals surface area contributed by atoms with Crippen LogP contribution in [0.5, 0.6) is 0 Å². The van der Waals surface area contributed by atoms with Crippen molar-refractivity contribution in [3.8, 4) is 0 Å². The standard InChI is InChI=1S/C30H37N3O5/c1-3-10-19(2)31-28(36)26-30-16-15-23(38-30)24(27(35)32-21-13-8-5-9-14-21)25(30)29(37)33(26)22(18-34)17-20-11-6-4-7-12-20/h4-9,11-14,19,22-26,34H,3,10,15-18H2,1-2H3,(H,31,36)(H,32,35)/t19?,22-,23-,24+,25+,26?,30?/m1/s1. The summed E-state index contributed by atoms with van der Waals surface area (Å²) in [5.41, 5.74) is 0.508. The van der Waals surface area contributed by atoms with Gasteiger partial charge < -0.3 is 25.4 Å². The predicted molar refractivity (Wildman–Crippen MR) is 143 cm³/mol. The highest BCUT2D eigenvalue weighted by molar-refractivity contribution is 6.02. The molecular formula is C30H37N3O5. The number of anilines is 1. The first-order valence-electron chi connectivity index (χ1n) is 13.7. The Morgan fingerprint density at radius 2 is 1.79 bits per heavy atom. The molecule has 3 fully saturated rings. The number of amides is 3. The van der Waals surface area contributed by atoms with Crippen molar-refractivity contribution in [2.45, 2.75) is 75.8 Å². The second-order valence-corrected chi connectivity index (χ2v) is 10.9. The molecule has 3 unspecified atom stereocenters. The van der Waals surface area contributed by atoms with Gasteiger partial charge in [-0.15, -0.1) is 0 Å². The third-order valence-electron chi connectivity index (χ3n) is 8.36. The van der Waals surface area contributed by atoms with E-state index in [1.165, 1.54) is 4.90 Å². The molecule has 2 bridgehead atoms. The summed E-state index contributed by atoms with van der Waals surface area (Å²) in [6.45, 7) is 3.71.